The van der Waals surface area contributed by atoms with E-state index in [1.165, 1.54) is 6.92 Å². The van der Waals surface area contributed by atoms with Crippen molar-refractivity contribution in [2.24, 2.45) is 0 Å². The van der Waals surface area contributed by atoms with Crippen LogP contribution in [-0.2, 0) is 10.1 Å². The number of rotatable bonds is 2. The van der Waals surface area contributed by atoms with Crippen LogP contribution in [0.2, 0.25) is 10.0 Å². The van der Waals surface area contributed by atoms with Crippen molar-refractivity contribution < 1.29 is 18.0 Å². The molecule has 0 aliphatic rings. The fourth-order valence-electron chi connectivity index (χ4n) is 1.68. The molecule has 0 amide bonds. The van der Waals surface area contributed by atoms with E-state index in [0.29, 0.717) is 15.9 Å². The Kier molecular flexibility index (Phi) is 6.57. The highest BCUT2D eigenvalue weighted by Crippen LogP contribution is 2.31. The van der Waals surface area contributed by atoms with E-state index < -0.39 is 10.1 Å². The minimum absolute atomic E-state index is 0.281. The van der Waals surface area contributed by atoms with Crippen molar-refractivity contribution in [2.45, 2.75) is 13.8 Å². The first-order valence-corrected chi connectivity index (χ1v) is 8.72. The molecule has 10 heteroatoms. The summed E-state index contributed by atoms with van der Waals surface area (Å²) in [5.74, 6) is 0.421. The predicted octanol–water partition coefficient (Wildman–Crippen LogP) is 1.89. The lowest BCUT2D eigenvalue weighted by Crippen LogP contribution is -2.19. The Morgan fingerprint density at radius 3 is 2.26 bits per heavy atom. The van der Waals surface area contributed by atoms with Crippen LogP contribution in [0.4, 0.5) is 11.8 Å². The molecule has 0 bridgehead atoms. The average molecular weight is 379 g/mol. The van der Waals surface area contributed by atoms with Crippen molar-refractivity contribution in [2.75, 3.05) is 17.2 Å². The third kappa shape index (κ3) is 5.83. The molecule has 0 radical (unpaired) electrons. The molecule has 5 N–H and O–H groups in total. The molecule has 0 saturated carbocycles. The fourth-order valence-corrected chi connectivity index (χ4v) is 1.97. The van der Waals surface area contributed by atoms with Crippen molar-refractivity contribution in [3.8, 4) is 11.1 Å². The summed E-state index contributed by atoms with van der Waals surface area (Å²) in [6.07, 6.45) is 0. The first kappa shape index (κ1) is 19.4. The Morgan fingerprint density at radius 1 is 1.26 bits per heavy atom. The summed E-state index contributed by atoms with van der Waals surface area (Å²) in [6, 6.07) is 5.29. The van der Waals surface area contributed by atoms with Gasteiger partial charge in [0, 0.05) is 5.75 Å². The molecule has 0 fully saturated rings. The lowest BCUT2D eigenvalue weighted by Gasteiger charge is -2.06. The van der Waals surface area contributed by atoms with Gasteiger partial charge in [0.1, 0.15) is 5.69 Å². The van der Waals surface area contributed by atoms with E-state index in [0.717, 1.165) is 16.8 Å². The molecule has 0 spiro atoms. The molecule has 1 aromatic carbocycles. The van der Waals surface area contributed by atoms with Gasteiger partial charge in [-0.3, -0.25) is 0 Å². The second kappa shape index (κ2) is 7.78. The van der Waals surface area contributed by atoms with Crippen LogP contribution < -0.4 is 16.5 Å². The lowest BCUT2D eigenvalue weighted by atomic mass is 10.1. The largest absolute Gasteiger partial charge is 0.748 e. The average Bonchev–Trinajstić information content (AvgIpc) is 2.41. The van der Waals surface area contributed by atoms with Crippen molar-refractivity contribution in [1.29, 1.82) is 0 Å². The Balaban J connectivity index is 0.000000379. The van der Waals surface area contributed by atoms with Crippen LogP contribution in [0.25, 0.3) is 11.1 Å². The number of nitrogen functional groups attached to an aromatic ring is 2. The number of anilines is 2. The maximum Gasteiger partial charge on any atom is 0.342 e. The fraction of sp³-hybridized carbons (Fsp3) is 0.231. The predicted molar refractivity (Wildman–Crippen MR) is 90.0 cm³/mol. The van der Waals surface area contributed by atoms with Crippen LogP contribution in [0, 0.1) is 6.92 Å². The number of aryl methyl sites for hydroxylation is 1. The van der Waals surface area contributed by atoms with E-state index in [-0.39, 0.29) is 11.7 Å². The van der Waals surface area contributed by atoms with Gasteiger partial charge in [0.25, 0.3) is 0 Å². The molecule has 7 nitrogen and oxygen atoms in total. The molecule has 0 atom stereocenters. The van der Waals surface area contributed by atoms with E-state index in [1.54, 1.807) is 12.1 Å². The molecule has 0 aliphatic heterocycles. The molecule has 1 aromatic heterocycles. The smallest absolute Gasteiger partial charge is 0.342 e. The normalized spacial score (nSPS) is 10.8. The number of aromatic nitrogens is 2. The molecular formula is C13H16Cl2N4O3S. The summed E-state index contributed by atoms with van der Waals surface area (Å²) in [6.45, 7) is 3.14. The maximum absolute atomic E-state index is 9.44. The number of nitrogens with two attached hydrogens (primary N) is 2. The van der Waals surface area contributed by atoms with Crippen molar-refractivity contribution in [3.63, 3.8) is 0 Å². The van der Waals surface area contributed by atoms with Gasteiger partial charge >= 0.3 is 5.95 Å². The standard InChI is InChI=1S/C11H10Cl2N4.C2H6O3S/c1-5-9(10(14)17-11(15)16-5)6-2-3-7(12)8(13)4-6;1-2-6(3,4)5/h2-4H,1H3,(H4,14,15,16,17);2H2,1H3,(H,3,4,5). The SMILES string of the molecule is CCS(=O)(=O)[O-].Cc1nc(N)[nH+]c(N)c1-c1ccc(Cl)c(Cl)c1. The van der Waals surface area contributed by atoms with Gasteiger partial charge in [0.05, 0.1) is 25.7 Å². The number of hydrogen-bond donors (Lipinski definition) is 2. The van der Waals surface area contributed by atoms with Crippen LogP contribution in [0.5, 0.6) is 0 Å². The Bertz CT molecular complexity index is 790. The molecular weight excluding hydrogens is 363 g/mol. The molecule has 2 aromatic rings. The minimum atomic E-state index is -3.91. The number of nitrogens with zero attached hydrogens (tertiary/aromatic N) is 1. The van der Waals surface area contributed by atoms with E-state index in [1.807, 2.05) is 13.0 Å². The monoisotopic (exact) mass is 378 g/mol. The molecule has 0 saturated heterocycles. The number of hydrogen-bond acceptors (Lipinski definition) is 6. The van der Waals surface area contributed by atoms with Crippen LogP contribution in [0.15, 0.2) is 18.2 Å². The van der Waals surface area contributed by atoms with E-state index in [9.17, 15) is 13.0 Å². The van der Waals surface area contributed by atoms with Crippen molar-refractivity contribution >= 4 is 45.1 Å². The van der Waals surface area contributed by atoms with Crippen LogP contribution in [-0.4, -0.2) is 23.7 Å². The molecule has 126 valence electrons. The summed E-state index contributed by atoms with van der Waals surface area (Å²) < 4.78 is 28.3. The molecule has 1 heterocycles. The second-order valence-electron chi connectivity index (χ2n) is 4.47. The van der Waals surface area contributed by atoms with Gasteiger partial charge < -0.3 is 16.0 Å². The van der Waals surface area contributed by atoms with Gasteiger partial charge in [-0.2, -0.15) is 0 Å². The van der Waals surface area contributed by atoms with Gasteiger partial charge in [-0.25, -0.2) is 13.4 Å². The highest BCUT2D eigenvalue weighted by Gasteiger charge is 2.15. The third-order valence-electron chi connectivity index (χ3n) is 2.74. The van der Waals surface area contributed by atoms with Crippen LogP contribution >= 0.6 is 23.2 Å². The Morgan fingerprint density at radius 2 is 1.83 bits per heavy atom. The summed E-state index contributed by atoms with van der Waals surface area (Å²) in [5, 5.41) is 0.971. The van der Waals surface area contributed by atoms with E-state index in [2.05, 4.69) is 9.97 Å². The first-order valence-electron chi connectivity index (χ1n) is 6.39. The topological polar surface area (TPSA) is 136 Å². The van der Waals surface area contributed by atoms with Gasteiger partial charge in [0.15, 0.2) is 0 Å². The summed E-state index contributed by atoms with van der Waals surface area (Å²) in [7, 11) is -3.91. The van der Waals surface area contributed by atoms with E-state index in [4.69, 9.17) is 34.7 Å². The zero-order chi connectivity index (χ0) is 17.8. The van der Waals surface area contributed by atoms with Gasteiger partial charge in [0.2, 0.25) is 5.82 Å². The highest BCUT2D eigenvalue weighted by atomic mass is 35.5. The third-order valence-corrected chi connectivity index (χ3v) is 4.19. The minimum Gasteiger partial charge on any atom is -0.748 e. The summed E-state index contributed by atoms with van der Waals surface area (Å²) in [5.41, 5.74) is 13.8. The van der Waals surface area contributed by atoms with E-state index >= 15 is 0 Å². The van der Waals surface area contributed by atoms with Crippen molar-refractivity contribution in [1.82, 2.24) is 4.98 Å². The second-order valence-corrected chi connectivity index (χ2v) is 6.98. The zero-order valence-electron chi connectivity index (χ0n) is 12.4. The number of halogens is 2. The molecule has 2 rings (SSSR count). The quantitative estimate of drug-likeness (QED) is 0.765. The van der Waals surface area contributed by atoms with Crippen LogP contribution in [0.3, 0.4) is 0 Å². The highest BCUT2D eigenvalue weighted by molar-refractivity contribution is 7.85. The Labute approximate surface area is 144 Å². The number of H-pyrrole nitrogens is 1. The van der Waals surface area contributed by atoms with Gasteiger partial charge in [-0.1, -0.05) is 36.2 Å². The molecule has 0 unspecified atom stereocenters. The van der Waals surface area contributed by atoms with Gasteiger partial charge in [-0.15, -0.1) is 4.98 Å². The summed E-state index contributed by atoms with van der Waals surface area (Å²) >= 11 is 11.8. The Hall–Kier alpha value is -1.61. The van der Waals surface area contributed by atoms with Crippen molar-refractivity contribution in [3.05, 3.63) is 33.9 Å². The maximum atomic E-state index is 9.44. The summed E-state index contributed by atoms with van der Waals surface area (Å²) in [4.78, 5) is 6.91. The number of benzene rings is 1. The first-order chi connectivity index (χ1) is 10.5. The number of aromatic amines is 1. The van der Waals surface area contributed by atoms with Gasteiger partial charge in [-0.05, 0) is 24.6 Å². The lowest BCUT2D eigenvalue weighted by molar-refractivity contribution is -0.346. The molecule has 0 aliphatic carbocycles. The number of nitrogens with one attached hydrogen (secondary N) is 1. The van der Waals surface area contributed by atoms with Crippen LogP contribution in [0.1, 0.15) is 12.6 Å². The zero-order valence-corrected chi connectivity index (χ0v) is 14.8. The molecule has 23 heavy (non-hydrogen) atoms.